The zero-order valence-electron chi connectivity index (χ0n) is 17.0. The number of pyridine rings is 1. The third-order valence-electron chi connectivity index (χ3n) is 5.95. The van der Waals surface area contributed by atoms with Crippen LogP contribution in [0.3, 0.4) is 0 Å². The molecule has 32 heavy (non-hydrogen) atoms. The molecule has 1 aliphatic heterocycles. The standard InChI is InChI=1S/C22H19ClN8O/c23-16-7-11-31-18(16)22(32)30(12-14-4-1-2-8-24-14)21(28-31)17-5-3-10-29(17)20-15-6-9-25-19(15)26-13-27-20/h1-2,4,6-9,11,13,17H,3,5,10,12H2,(H,25,26,27)/t17-/m0/s1. The Bertz CT molecular complexity index is 1490. The van der Waals surface area contributed by atoms with E-state index in [9.17, 15) is 4.79 Å². The summed E-state index contributed by atoms with van der Waals surface area (Å²) in [6, 6.07) is 9.22. The number of H-pyrrole nitrogens is 1. The monoisotopic (exact) mass is 446 g/mol. The summed E-state index contributed by atoms with van der Waals surface area (Å²) < 4.78 is 3.28. The highest BCUT2D eigenvalue weighted by molar-refractivity contribution is 6.33. The lowest BCUT2D eigenvalue weighted by atomic mass is 10.2. The van der Waals surface area contributed by atoms with E-state index in [0.29, 0.717) is 22.9 Å². The molecule has 0 spiro atoms. The van der Waals surface area contributed by atoms with Crippen molar-refractivity contribution >= 4 is 34.0 Å². The average molecular weight is 447 g/mol. The van der Waals surface area contributed by atoms with E-state index in [1.165, 1.54) is 0 Å². The fourth-order valence-electron chi connectivity index (χ4n) is 4.51. The lowest BCUT2D eigenvalue weighted by Crippen LogP contribution is -2.34. The van der Waals surface area contributed by atoms with Crippen molar-refractivity contribution in [3.8, 4) is 0 Å². The van der Waals surface area contributed by atoms with E-state index >= 15 is 0 Å². The second kappa shape index (κ2) is 7.45. The lowest BCUT2D eigenvalue weighted by Gasteiger charge is -2.27. The van der Waals surface area contributed by atoms with Crippen LogP contribution in [-0.4, -0.2) is 40.7 Å². The molecule has 9 nitrogen and oxygen atoms in total. The molecule has 1 fully saturated rings. The van der Waals surface area contributed by atoms with Gasteiger partial charge >= 0.3 is 0 Å². The van der Waals surface area contributed by atoms with E-state index in [0.717, 1.165) is 41.9 Å². The number of nitrogens with zero attached hydrogens (tertiary/aromatic N) is 7. The van der Waals surface area contributed by atoms with Crippen molar-refractivity contribution in [1.29, 1.82) is 0 Å². The minimum absolute atomic E-state index is 0.120. The first-order valence-electron chi connectivity index (χ1n) is 10.4. The van der Waals surface area contributed by atoms with Gasteiger partial charge in [-0.2, -0.15) is 5.10 Å². The first kappa shape index (κ1) is 19.0. The van der Waals surface area contributed by atoms with Crippen LogP contribution in [0.25, 0.3) is 16.6 Å². The van der Waals surface area contributed by atoms with Gasteiger partial charge in [-0.05, 0) is 37.1 Å². The number of rotatable bonds is 4. The highest BCUT2D eigenvalue weighted by atomic mass is 35.5. The van der Waals surface area contributed by atoms with E-state index in [-0.39, 0.29) is 11.6 Å². The van der Waals surface area contributed by atoms with Gasteiger partial charge in [-0.15, -0.1) is 0 Å². The molecule has 1 aliphatic rings. The summed E-state index contributed by atoms with van der Waals surface area (Å²) in [6.07, 6.45) is 8.68. The molecule has 6 rings (SSSR count). The smallest absolute Gasteiger partial charge is 0.279 e. The summed E-state index contributed by atoms with van der Waals surface area (Å²) in [6.45, 7) is 1.12. The van der Waals surface area contributed by atoms with E-state index in [1.807, 2.05) is 30.5 Å². The molecule has 10 heteroatoms. The van der Waals surface area contributed by atoms with Crippen LogP contribution < -0.4 is 10.5 Å². The van der Waals surface area contributed by atoms with Gasteiger partial charge in [0.25, 0.3) is 5.56 Å². The van der Waals surface area contributed by atoms with Crippen LogP contribution in [0, 0.1) is 0 Å². The Kier molecular flexibility index (Phi) is 4.43. The van der Waals surface area contributed by atoms with Gasteiger partial charge in [0.05, 0.1) is 28.7 Å². The van der Waals surface area contributed by atoms with Gasteiger partial charge in [-0.1, -0.05) is 17.7 Å². The van der Waals surface area contributed by atoms with Gasteiger partial charge in [0.15, 0.2) is 5.82 Å². The molecule has 0 saturated carbocycles. The number of halogens is 1. The molecule has 0 aliphatic carbocycles. The van der Waals surface area contributed by atoms with Crippen LogP contribution in [0.2, 0.25) is 5.02 Å². The molecule has 5 aromatic rings. The zero-order valence-corrected chi connectivity index (χ0v) is 17.8. The molecular weight excluding hydrogens is 428 g/mol. The molecule has 0 amide bonds. The molecule has 0 radical (unpaired) electrons. The molecular formula is C22H19ClN8O. The van der Waals surface area contributed by atoms with E-state index in [4.69, 9.17) is 16.7 Å². The van der Waals surface area contributed by atoms with Gasteiger partial charge in [0.1, 0.15) is 23.3 Å². The maximum Gasteiger partial charge on any atom is 0.279 e. The van der Waals surface area contributed by atoms with Crippen molar-refractivity contribution in [3.05, 3.63) is 82.1 Å². The summed E-state index contributed by atoms with van der Waals surface area (Å²) >= 11 is 6.32. The van der Waals surface area contributed by atoms with Gasteiger partial charge < -0.3 is 9.88 Å². The van der Waals surface area contributed by atoms with Crippen LogP contribution in [0.15, 0.2) is 60.0 Å². The third kappa shape index (κ3) is 2.96. The first-order chi connectivity index (χ1) is 15.7. The topological polar surface area (TPSA) is 97.0 Å². The van der Waals surface area contributed by atoms with Gasteiger partial charge in [-0.25, -0.2) is 14.5 Å². The zero-order chi connectivity index (χ0) is 21.7. The summed E-state index contributed by atoms with van der Waals surface area (Å²) in [7, 11) is 0. The predicted octanol–water partition coefficient (Wildman–Crippen LogP) is 3.21. The van der Waals surface area contributed by atoms with Crippen LogP contribution in [-0.2, 0) is 6.54 Å². The molecule has 1 saturated heterocycles. The number of fused-ring (bicyclic) bond motifs is 2. The maximum absolute atomic E-state index is 13.5. The second-order valence-corrected chi connectivity index (χ2v) is 8.22. The van der Waals surface area contributed by atoms with Gasteiger partial charge in [-0.3, -0.25) is 14.3 Å². The summed E-state index contributed by atoms with van der Waals surface area (Å²) in [5, 5.41) is 6.19. The van der Waals surface area contributed by atoms with Crippen molar-refractivity contribution in [2.45, 2.75) is 25.4 Å². The number of aromatic amines is 1. The molecule has 0 unspecified atom stereocenters. The normalized spacial score (nSPS) is 16.4. The van der Waals surface area contributed by atoms with Gasteiger partial charge in [0, 0.05) is 25.1 Å². The third-order valence-corrected chi connectivity index (χ3v) is 6.26. The molecule has 5 aromatic heterocycles. The molecule has 1 atom stereocenters. The molecule has 160 valence electrons. The fraction of sp³-hybridized carbons (Fsp3) is 0.227. The van der Waals surface area contributed by atoms with Crippen molar-refractivity contribution in [2.24, 2.45) is 0 Å². The van der Waals surface area contributed by atoms with E-state index in [1.54, 1.807) is 33.9 Å². The Morgan fingerprint density at radius 2 is 2.09 bits per heavy atom. The van der Waals surface area contributed by atoms with Gasteiger partial charge in [0.2, 0.25) is 0 Å². The summed E-state index contributed by atoms with van der Waals surface area (Å²) in [5.74, 6) is 1.50. The molecule has 0 aromatic carbocycles. The van der Waals surface area contributed by atoms with Crippen LogP contribution in [0.4, 0.5) is 5.82 Å². The quantitative estimate of drug-likeness (QED) is 0.455. The summed E-state index contributed by atoms with van der Waals surface area (Å²) in [5.41, 5.74) is 1.75. The van der Waals surface area contributed by atoms with Crippen molar-refractivity contribution < 1.29 is 0 Å². The van der Waals surface area contributed by atoms with Crippen LogP contribution in [0.5, 0.6) is 0 Å². The maximum atomic E-state index is 13.5. The Balaban J connectivity index is 1.54. The number of anilines is 1. The lowest BCUT2D eigenvalue weighted by molar-refractivity contribution is 0.551. The first-order valence-corrected chi connectivity index (χ1v) is 10.8. The van der Waals surface area contributed by atoms with Crippen LogP contribution >= 0.6 is 11.6 Å². The molecule has 1 N–H and O–H groups in total. The Morgan fingerprint density at radius 1 is 1.16 bits per heavy atom. The number of hydrogen-bond acceptors (Lipinski definition) is 6. The largest absolute Gasteiger partial charge is 0.346 e. The highest BCUT2D eigenvalue weighted by Gasteiger charge is 2.33. The van der Waals surface area contributed by atoms with Crippen molar-refractivity contribution in [1.82, 2.24) is 34.1 Å². The van der Waals surface area contributed by atoms with E-state index < -0.39 is 0 Å². The Morgan fingerprint density at radius 3 is 2.97 bits per heavy atom. The SMILES string of the molecule is O=c1c2c(Cl)ccn2nc([C@@H]2CCCN2c2ncnc3[nH]ccc23)n1Cc1ccccn1. The van der Waals surface area contributed by atoms with E-state index in [2.05, 4.69) is 24.8 Å². The minimum Gasteiger partial charge on any atom is -0.346 e. The number of hydrogen-bond donors (Lipinski definition) is 1. The fourth-order valence-corrected chi connectivity index (χ4v) is 4.73. The molecule has 0 bridgehead atoms. The Labute approximate surface area is 187 Å². The van der Waals surface area contributed by atoms with Crippen molar-refractivity contribution in [3.63, 3.8) is 0 Å². The minimum atomic E-state index is -0.183. The number of aromatic nitrogens is 7. The summed E-state index contributed by atoms with van der Waals surface area (Å²) in [4.78, 5) is 32.2. The van der Waals surface area contributed by atoms with Crippen LogP contribution in [0.1, 0.15) is 30.4 Å². The highest BCUT2D eigenvalue weighted by Crippen LogP contribution is 2.37. The van der Waals surface area contributed by atoms with Crippen molar-refractivity contribution in [2.75, 3.05) is 11.4 Å². The average Bonchev–Trinajstić information content (AvgIpc) is 3.56. The second-order valence-electron chi connectivity index (χ2n) is 7.82. The number of nitrogens with one attached hydrogen (secondary N) is 1. The predicted molar refractivity (Wildman–Crippen MR) is 121 cm³/mol. The Hall–Kier alpha value is -3.72. The molecule has 6 heterocycles.